The van der Waals surface area contributed by atoms with Crippen LogP contribution in [0.1, 0.15) is 15.9 Å². The SMILES string of the molecule is Cl.O=C(NOC(=O)[C@H](Cc1ccccc1)NC(=O)[C@@H]1CSCN1)c1c(Cl)cccc1Cl. The largest absolute Gasteiger partial charge is 0.354 e. The molecule has 31 heavy (non-hydrogen) atoms. The highest BCUT2D eigenvalue weighted by Gasteiger charge is 2.29. The Hall–Kier alpha value is -1.97. The second-order valence-electron chi connectivity index (χ2n) is 6.47. The van der Waals surface area contributed by atoms with Gasteiger partial charge in [-0.05, 0) is 17.7 Å². The molecule has 1 saturated heterocycles. The maximum Gasteiger partial charge on any atom is 0.354 e. The van der Waals surface area contributed by atoms with E-state index in [1.807, 2.05) is 30.3 Å². The Kier molecular flexibility index (Phi) is 9.93. The number of hydrogen-bond donors (Lipinski definition) is 3. The summed E-state index contributed by atoms with van der Waals surface area (Å²) in [7, 11) is 0. The zero-order valence-electron chi connectivity index (χ0n) is 16.1. The lowest BCUT2D eigenvalue weighted by molar-refractivity contribution is -0.153. The topological polar surface area (TPSA) is 96.5 Å². The number of hydrogen-bond acceptors (Lipinski definition) is 6. The Morgan fingerprint density at radius 2 is 1.77 bits per heavy atom. The number of carbonyl (C=O) groups excluding carboxylic acids is 3. The molecule has 0 aliphatic carbocycles. The molecular weight excluding hydrogens is 485 g/mol. The minimum absolute atomic E-state index is 0. The Morgan fingerprint density at radius 3 is 2.39 bits per heavy atom. The van der Waals surface area contributed by atoms with Crippen LogP contribution in [0, 0.1) is 0 Å². The van der Waals surface area contributed by atoms with E-state index in [0.717, 1.165) is 5.56 Å². The Morgan fingerprint density at radius 1 is 1.10 bits per heavy atom. The molecule has 0 radical (unpaired) electrons. The highest BCUT2D eigenvalue weighted by Crippen LogP contribution is 2.24. The molecule has 0 aromatic heterocycles. The molecule has 2 aromatic carbocycles. The van der Waals surface area contributed by atoms with E-state index < -0.39 is 24.0 Å². The van der Waals surface area contributed by atoms with Gasteiger partial charge in [0, 0.05) is 18.1 Å². The van der Waals surface area contributed by atoms with Gasteiger partial charge in [0.1, 0.15) is 6.04 Å². The van der Waals surface area contributed by atoms with Crippen LogP contribution >= 0.6 is 47.4 Å². The lowest BCUT2D eigenvalue weighted by atomic mass is 10.1. The van der Waals surface area contributed by atoms with Crippen molar-refractivity contribution in [3.05, 3.63) is 69.7 Å². The zero-order valence-corrected chi connectivity index (χ0v) is 19.2. The Bertz CT molecular complexity index is 907. The van der Waals surface area contributed by atoms with Crippen LogP contribution in [0.3, 0.4) is 0 Å². The number of nitrogens with one attached hydrogen (secondary N) is 3. The van der Waals surface area contributed by atoms with Gasteiger partial charge >= 0.3 is 5.97 Å². The fourth-order valence-corrected chi connectivity index (χ4v) is 4.32. The highest BCUT2D eigenvalue weighted by atomic mass is 35.5. The van der Waals surface area contributed by atoms with E-state index in [-0.39, 0.29) is 40.3 Å². The molecule has 11 heteroatoms. The second kappa shape index (κ2) is 12.2. The molecule has 0 saturated carbocycles. The van der Waals surface area contributed by atoms with Gasteiger partial charge in [-0.25, -0.2) is 4.79 Å². The van der Waals surface area contributed by atoms with Crippen molar-refractivity contribution in [1.82, 2.24) is 16.1 Å². The number of carbonyl (C=O) groups is 3. The van der Waals surface area contributed by atoms with E-state index in [0.29, 0.717) is 11.6 Å². The van der Waals surface area contributed by atoms with Gasteiger partial charge in [0.2, 0.25) is 5.91 Å². The number of rotatable bonds is 6. The molecule has 2 amide bonds. The van der Waals surface area contributed by atoms with Crippen LogP contribution in [0.15, 0.2) is 48.5 Å². The molecule has 7 nitrogen and oxygen atoms in total. The molecule has 1 aliphatic rings. The van der Waals surface area contributed by atoms with Crippen molar-refractivity contribution in [3.63, 3.8) is 0 Å². The van der Waals surface area contributed by atoms with Gasteiger partial charge in [0.15, 0.2) is 0 Å². The van der Waals surface area contributed by atoms with Crippen LogP contribution in [0.2, 0.25) is 10.0 Å². The van der Waals surface area contributed by atoms with Gasteiger partial charge in [-0.15, -0.1) is 24.2 Å². The summed E-state index contributed by atoms with van der Waals surface area (Å²) in [5.74, 6) is -0.605. The molecule has 0 spiro atoms. The van der Waals surface area contributed by atoms with Crippen LogP contribution in [-0.2, 0) is 20.8 Å². The Balaban J connectivity index is 0.00000341. The van der Waals surface area contributed by atoms with Crippen molar-refractivity contribution in [2.75, 3.05) is 11.6 Å². The Labute approximate surface area is 199 Å². The first-order chi connectivity index (χ1) is 14.5. The van der Waals surface area contributed by atoms with Gasteiger partial charge in [0.25, 0.3) is 5.91 Å². The smallest absolute Gasteiger partial charge is 0.341 e. The van der Waals surface area contributed by atoms with Crippen molar-refractivity contribution in [3.8, 4) is 0 Å². The number of thioether (sulfide) groups is 1. The first kappa shape index (κ1) is 25.3. The summed E-state index contributed by atoms with van der Waals surface area (Å²) in [6, 6.07) is 12.4. The molecule has 3 N–H and O–H groups in total. The molecule has 1 heterocycles. The minimum atomic E-state index is -0.991. The lowest BCUT2D eigenvalue weighted by Crippen LogP contribution is -2.51. The molecule has 3 rings (SSSR count). The van der Waals surface area contributed by atoms with Crippen molar-refractivity contribution in [2.24, 2.45) is 0 Å². The van der Waals surface area contributed by atoms with E-state index in [9.17, 15) is 14.4 Å². The average molecular weight is 505 g/mol. The van der Waals surface area contributed by atoms with Gasteiger partial charge in [-0.2, -0.15) is 5.48 Å². The lowest BCUT2D eigenvalue weighted by Gasteiger charge is -2.19. The number of hydroxylamine groups is 1. The van der Waals surface area contributed by atoms with Gasteiger partial charge in [0.05, 0.1) is 21.7 Å². The van der Waals surface area contributed by atoms with Crippen LogP contribution < -0.4 is 16.1 Å². The number of halogens is 3. The molecule has 2 aromatic rings. The maximum atomic E-state index is 12.7. The van der Waals surface area contributed by atoms with E-state index >= 15 is 0 Å². The third kappa shape index (κ3) is 7.02. The normalized spacial score (nSPS) is 16.0. The van der Waals surface area contributed by atoms with Crippen molar-refractivity contribution < 1.29 is 19.2 Å². The molecular formula is C20H20Cl3N3O4S. The van der Waals surface area contributed by atoms with Crippen molar-refractivity contribution >= 4 is 65.2 Å². The van der Waals surface area contributed by atoms with Crippen molar-refractivity contribution in [2.45, 2.75) is 18.5 Å². The third-order valence-corrected chi connectivity index (χ3v) is 5.92. The maximum absolute atomic E-state index is 12.7. The molecule has 0 bridgehead atoms. The zero-order chi connectivity index (χ0) is 21.5. The fraction of sp³-hybridized carbons (Fsp3) is 0.250. The predicted octanol–water partition coefficient (Wildman–Crippen LogP) is 2.99. The van der Waals surface area contributed by atoms with Crippen LogP contribution in [-0.4, -0.2) is 41.5 Å². The summed E-state index contributed by atoms with van der Waals surface area (Å²) in [6.45, 7) is 0. The summed E-state index contributed by atoms with van der Waals surface area (Å²) >= 11 is 13.6. The molecule has 2 atom stereocenters. The standard InChI is InChI=1S/C20H19Cl2N3O4S.ClH/c21-13-7-4-8-14(22)17(13)19(27)25-29-20(28)15(9-12-5-2-1-3-6-12)24-18(26)16-10-30-11-23-16;/h1-8,15-16,23H,9-11H2,(H,24,26)(H,25,27);1H/t15-,16-;/m0./s1. The second-order valence-corrected chi connectivity index (χ2v) is 8.32. The molecule has 1 fully saturated rings. The third-order valence-electron chi connectivity index (χ3n) is 4.35. The molecule has 0 unspecified atom stereocenters. The summed E-state index contributed by atoms with van der Waals surface area (Å²) in [6.07, 6.45) is 0.202. The van der Waals surface area contributed by atoms with Crippen molar-refractivity contribution in [1.29, 1.82) is 0 Å². The van der Waals surface area contributed by atoms with Crippen LogP contribution in [0.5, 0.6) is 0 Å². The van der Waals surface area contributed by atoms with E-state index in [1.54, 1.807) is 17.8 Å². The molecule has 1 aliphatic heterocycles. The summed E-state index contributed by atoms with van der Waals surface area (Å²) in [5, 5.41) is 5.99. The van der Waals surface area contributed by atoms with E-state index in [1.165, 1.54) is 12.1 Å². The number of benzene rings is 2. The first-order valence-corrected chi connectivity index (χ1v) is 11.0. The summed E-state index contributed by atoms with van der Waals surface area (Å²) in [5.41, 5.74) is 2.88. The van der Waals surface area contributed by atoms with Crippen LogP contribution in [0.4, 0.5) is 0 Å². The quantitative estimate of drug-likeness (QED) is 0.524. The van der Waals surface area contributed by atoms with Gasteiger partial charge < -0.3 is 10.2 Å². The highest BCUT2D eigenvalue weighted by molar-refractivity contribution is 7.99. The average Bonchev–Trinajstić information content (AvgIpc) is 3.27. The summed E-state index contributed by atoms with van der Waals surface area (Å²) < 4.78 is 0. The monoisotopic (exact) mass is 503 g/mol. The first-order valence-electron chi connectivity index (χ1n) is 9.06. The summed E-state index contributed by atoms with van der Waals surface area (Å²) in [4.78, 5) is 42.5. The fourth-order valence-electron chi connectivity index (χ4n) is 2.81. The number of amides is 2. The van der Waals surface area contributed by atoms with E-state index in [2.05, 4.69) is 16.1 Å². The van der Waals surface area contributed by atoms with Crippen LogP contribution in [0.25, 0.3) is 0 Å². The van der Waals surface area contributed by atoms with E-state index in [4.69, 9.17) is 28.0 Å². The molecule has 166 valence electrons. The minimum Gasteiger partial charge on any atom is -0.341 e. The van der Waals surface area contributed by atoms with Gasteiger partial charge in [-0.1, -0.05) is 59.6 Å². The van der Waals surface area contributed by atoms with Gasteiger partial charge in [-0.3, -0.25) is 14.9 Å². The predicted molar refractivity (Wildman–Crippen MR) is 124 cm³/mol.